The zero-order valence-electron chi connectivity index (χ0n) is 14.2. The summed E-state index contributed by atoms with van der Waals surface area (Å²) in [7, 11) is 0. The van der Waals surface area contributed by atoms with Crippen LogP contribution in [0.3, 0.4) is 0 Å². The van der Waals surface area contributed by atoms with E-state index in [2.05, 4.69) is 4.98 Å². The molecule has 28 heavy (non-hydrogen) atoms. The number of halogens is 2. The molecule has 5 nitrogen and oxygen atoms in total. The maximum Gasteiger partial charge on any atom is 0.301 e. The standard InChI is InChI=1S/C20H12ClFN2O3S/c21-13-5-1-11(2-6-13)16-15(17(25)12-3-7-14(22)8-4-12)18(26)19(27)24(16)20-23-9-10-28-20/h1-10,16,25H/t16-/m1/s1. The first-order valence-electron chi connectivity index (χ1n) is 8.19. The summed E-state index contributed by atoms with van der Waals surface area (Å²) in [5.41, 5.74) is 0.731. The quantitative estimate of drug-likeness (QED) is 0.387. The highest BCUT2D eigenvalue weighted by atomic mass is 35.5. The van der Waals surface area contributed by atoms with Crippen molar-refractivity contribution in [2.75, 3.05) is 4.90 Å². The first-order valence-corrected chi connectivity index (χ1v) is 9.45. The van der Waals surface area contributed by atoms with Gasteiger partial charge in [-0.25, -0.2) is 9.37 Å². The third kappa shape index (κ3) is 3.08. The molecular weight excluding hydrogens is 403 g/mol. The van der Waals surface area contributed by atoms with E-state index < -0.39 is 23.5 Å². The molecule has 0 aliphatic carbocycles. The fourth-order valence-electron chi connectivity index (χ4n) is 3.09. The molecule has 140 valence electrons. The van der Waals surface area contributed by atoms with Gasteiger partial charge in [0.1, 0.15) is 11.6 Å². The molecule has 1 aliphatic rings. The monoisotopic (exact) mass is 414 g/mol. The number of hydrogen-bond acceptors (Lipinski definition) is 5. The summed E-state index contributed by atoms with van der Waals surface area (Å²) in [5.74, 6) is -2.48. The molecule has 1 amide bonds. The Bertz CT molecular complexity index is 1080. The molecule has 1 aromatic heterocycles. The van der Waals surface area contributed by atoms with Crippen LogP contribution in [0.2, 0.25) is 5.02 Å². The number of aliphatic hydroxyl groups excluding tert-OH is 1. The third-order valence-electron chi connectivity index (χ3n) is 4.37. The van der Waals surface area contributed by atoms with Gasteiger partial charge < -0.3 is 5.11 Å². The lowest BCUT2D eigenvalue weighted by Crippen LogP contribution is -2.29. The molecule has 0 radical (unpaired) electrons. The average molecular weight is 415 g/mol. The highest BCUT2D eigenvalue weighted by Crippen LogP contribution is 2.42. The number of anilines is 1. The fraction of sp³-hybridized carbons (Fsp3) is 0.0500. The smallest absolute Gasteiger partial charge is 0.301 e. The number of carbonyl (C=O) groups excluding carboxylic acids is 2. The van der Waals surface area contributed by atoms with Crippen LogP contribution in [0.25, 0.3) is 5.76 Å². The Balaban J connectivity index is 1.93. The van der Waals surface area contributed by atoms with Gasteiger partial charge in [-0.05, 0) is 42.0 Å². The lowest BCUT2D eigenvalue weighted by molar-refractivity contribution is -0.132. The minimum atomic E-state index is -0.881. The SMILES string of the molecule is O=C1C(=O)N(c2nccs2)[C@H](c2ccc(Cl)cc2)C1=C(O)c1ccc(F)cc1. The first-order chi connectivity index (χ1) is 13.5. The number of Topliss-reactive ketones (excluding diaryl/α,β-unsaturated/α-hetero) is 1. The normalized spacial score (nSPS) is 18.6. The van der Waals surface area contributed by atoms with E-state index in [4.69, 9.17) is 11.6 Å². The lowest BCUT2D eigenvalue weighted by Gasteiger charge is -2.23. The summed E-state index contributed by atoms with van der Waals surface area (Å²) in [6.07, 6.45) is 1.53. The molecule has 1 saturated heterocycles. The van der Waals surface area contributed by atoms with Crippen molar-refractivity contribution in [3.63, 3.8) is 0 Å². The molecule has 1 aliphatic heterocycles. The molecule has 1 atom stereocenters. The Morgan fingerprint density at radius 1 is 1.11 bits per heavy atom. The van der Waals surface area contributed by atoms with Gasteiger partial charge in [0.25, 0.3) is 5.78 Å². The first kappa shape index (κ1) is 18.3. The van der Waals surface area contributed by atoms with E-state index in [1.54, 1.807) is 29.6 Å². The van der Waals surface area contributed by atoms with Crippen molar-refractivity contribution >= 4 is 45.5 Å². The lowest BCUT2D eigenvalue weighted by atomic mass is 9.95. The van der Waals surface area contributed by atoms with Crippen LogP contribution in [0.5, 0.6) is 0 Å². The number of benzene rings is 2. The van der Waals surface area contributed by atoms with E-state index in [-0.39, 0.29) is 16.9 Å². The van der Waals surface area contributed by atoms with Crippen molar-refractivity contribution in [1.29, 1.82) is 0 Å². The number of nitrogens with zero attached hydrogens (tertiary/aromatic N) is 2. The Kier molecular flexibility index (Phi) is 4.70. The number of aliphatic hydroxyl groups is 1. The van der Waals surface area contributed by atoms with E-state index in [0.717, 1.165) is 0 Å². The molecule has 0 spiro atoms. The van der Waals surface area contributed by atoms with Gasteiger partial charge in [0.15, 0.2) is 5.13 Å². The highest BCUT2D eigenvalue weighted by Gasteiger charge is 2.47. The van der Waals surface area contributed by atoms with E-state index >= 15 is 0 Å². The molecule has 8 heteroatoms. The zero-order valence-corrected chi connectivity index (χ0v) is 15.7. The van der Waals surface area contributed by atoms with Crippen molar-refractivity contribution in [1.82, 2.24) is 4.98 Å². The number of ketones is 1. The molecule has 0 unspecified atom stereocenters. The number of aromatic nitrogens is 1. The van der Waals surface area contributed by atoms with Gasteiger partial charge in [0.2, 0.25) is 0 Å². The third-order valence-corrected chi connectivity index (χ3v) is 5.40. The molecule has 2 heterocycles. The van der Waals surface area contributed by atoms with Crippen LogP contribution >= 0.6 is 22.9 Å². The Labute approximate surface area is 168 Å². The van der Waals surface area contributed by atoms with E-state index in [9.17, 15) is 19.1 Å². The summed E-state index contributed by atoms with van der Waals surface area (Å²) in [6.45, 7) is 0. The van der Waals surface area contributed by atoms with E-state index in [1.807, 2.05) is 0 Å². The predicted molar refractivity (Wildman–Crippen MR) is 105 cm³/mol. The van der Waals surface area contributed by atoms with Crippen LogP contribution < -0.4 is 4.90 Å². The van der Waals surface area contributed by atoms with Crippen LogP contribution in [0.4, 0.5) is 9.52 Å². The van der Waals surface area contributed by atoms with Crippen molar-refractivity contribution in [2.45, 2.75) is 6.04 Å². The number of thiazole rings is 1. The Morgan fingerprint density at radius 3 is 2.39 bits per heavy atom. The van der Waals surface area contributed by atoms with Crippen molar-refractivity contribution in [3.05, 3.63) is 87.6 Å². The van der Waals surface area contributed by atoms with Gasteiger partial charge >= 0.3 is 5.91 Å². The summed E-state index contributed by atoms with van der Waals surface area (Å²) in [6, 6.07) is 10.8. The van der Waals surface area contributed by atoms with Gasteiger partial charge in [0, 0.05) is 22.2 Å². The maximum atomic E-state index is 13.2. The van der Waals surface area contributed by atoms with Gasteiger partial charge in [-0.3, -0.25) is 14.5 Å². The van der Waals surface area contributed by atoms with Crippen molar-refractivity contribution in [3.8, 4) is 0 Å². The summed E-state index contributed by atoms with van der Waals surface area (Å²) < 4.78 is 13.2. The summed E-state index contributed by atoms with van der Waals surface area (Å²) in [4.78, 5) is 31.0. The molecule has 4 rings (SSSR count). The highest BCUT2D eigenvalue weighted by molar-refractivity contribution is 7.14. The van der Waals surface area contributed by atoms with E-state index in [1.165, 1.54) is 46.7 Å². The molecule has 3 aromatic rings. The Hall–Kier alpha value is -3.03. The van der Waals surface area contributed by atoms with Crippen LogP contribution in [-0.2, 0) is 9.59 Å². The maximum absolute atomic E-state index is 13.2. The second-order valence-corrected chi connectivity index (χ2v) is 7.35. The average Bonchev–Trinajstić information content (AvgIpc) is 3.30. The number of carbonyl (C=O) groups is 2. The van der Waals surface area contributed by atoms with Crippen LogP contribution in [0.1, 0.15) is 17.2 Å². The van der Waals surface area contributed by atoms with Gasteiger partial charge in [0.05, 0.1) is 11.6 Å². The molecular formula is C20H12ClFN2O3S. The van der Waals surface area contributed by atoms with Crippen molar-refractivity contribution in [2.24, 2.45) is 0 Å². The van der Waals surface area contributed by atoms with Crippen LogP contribution in [0, 0.1) is 5.82 Å². The largest absolute Gasteiger partial charge is 0.507 e. The minimum Gasteiger partial charge on any atom is -0.507 e. The number of amides is 1. The van der Waals surface area contributed by atoms with Gasteiger partial charge in [-0.1, -0.05) is 23.7 Å². The van der Waals surface area contributed by atoms with Gasteiger partial charge in [-0.15, -0.1) is 11.3 Å². The minimum absolute atomic E-state index is 0.0888. The van der Waals surface area contributed by atoms with Gasteiger partial charge in [-0.2, -0.15) is 0 Å². The number of rotatable bonds is 3. The summed E-state index contributed by atoms with van der Waals surface area (Å²) >= 11 is 7.17. The predicted octanol–water partition coefficient (Wildman–Crippen LogP) is 4.56. The molecule has 1 fully saturated rings. The fourth-order valence-corrected chi connectivity index (χ4v) is 3.88. The molecule has 0 saturated carbocycles. The number of hydrogen-bond donors (Lipinski definition) is 1. The molecule has 0 bridgehead atoms. The summed E-state index contributed by atoms with van der Waals surface area (Å²) in [5, 5.41) is 13.3. The zero-order chi connectivity index (χ0) is 19.8. The van der Waals surface area contributed by atoms with Crippen molar-refractivity contribution < 1.29 is 19.1 Å². The molecule has 1 N–H and O–H groups in total. The van der Waals surface area contributed by atoms with Crippen LogP contribution in [0.15, 0.2) is 65.7 Å². The second-order valence-electron chi connectivity index (χ2n) is 6.04. The van der Waals surface area contributed by atoms with Crippen LogP contribution in [-0.4, -0.2) is 21.8 Å². The Morgan fingerprint density at radius 2 is 1.79 bits per heavy atom. The molecule has 2 aromatic carbocycles. The topological polar surface area (TPSA) is 70.5 Å². The van der Waals surface area contributed by atoms with E-state index in [0.29, 0.717) is 15.7 Å². The second kappa shape index (κ2) is 7.18.